The molecule has 0 saturated carbocycles. The van der Waals surface area contributed by atoms with E-state index >= 15 is 0 Å². The van der Waals surface area contributed by atoms with E-state index in [-0.39, 0.29) is 35.2 Å². The summed E-state index contributed by atoms with van der Waals surface area (Å²) in [4.78, 5) is 2.33. The molecule has 248 valence electrons. The molecular weight excluding hydrogens is 610 g/mol. The number of rotatable bonds is 11. The SMILES string of the molecule is C#CCOC1CC(/C=C/C2=[N+](CCCC)c3ccc(F)cc3C2(C)C)=C(Cl)C(=C/C=C2/N(CCCC)c3ccc(F)cc3C2(C)C)/C1. The van der Waals surface area contributed by atoms with Crippen LogP contribution in [0.15, 0.2) is 82.6 Å². The molecule has 0 bridgehead atoms. The van der Waals surface area contributed by atoms with Crippen LogP contribution in [0.5, 0.6) is 0 Å². The maximum atomic E-state index is 14.4. The van der Waals surface area contributed by atoms with Crippen LogP contribution in [-0.4, -0.2) is 36.1 Å². The number of unbranched alkanes of at least 4 members (excludes halogenated alkanes) is 2. The van der Waals surface area contributed by atoms with Gasteiger partial charge < -0.3 is 9.64 Å². The van der Waals surface area contributed by atoms with Gasteiger partial charge in [-0.1, -0.05) is 70.2 Å². The third-order valence-electron chi connectivity index (χ3n) is 9.92. The van der Waals surface area contributed by atoms with Gasteiger partial charge in [0.1, 0.15) is 24.8 Å². The molecule has 0 saturated heterocycles. The zero-order valence-electron chi connectivity index (χ0n) is 28.7. The fourth-order valence-electron chi connectivity index (χ4n) is 7.28. The van der Waals surface area contributed by atoms with E-state index < -0.39 is 0 Å². The number of fused-ring (bicyclic) bond motifs is 2. The minimum atomic E-state index is -0.379. The van der Waals surface area contributed by atoms with Crippen LogP contribution in [-0.2, 0) is 15.6 Å². The molecule has 1 unspecified atom stereocenters. The van der Waals surface area contributed by atoms with E-state index in [1.54, 1.807) is 24.3 Å². The van der Waals surface area contributed by atoms with E-state index in [0.29, 0.717) is 17.9 Å². The number of hydrogen-bond acceptors (Lipinski definition) is 2. The molecule has 2 aromatic carbocycles. The van der Waals surface area contributed by atoms with Crippen molar-refractivity contribution in [1.29, 1.82) is 0 Å². The molecule has 3 aliphatic rings. The van der Waals surface area contributed by atoms with Gasteiger partial charge in [-0.3, -0.25) is 0 Å². The second-order valence-corrected chi connectivity index (χ2v) is 14.3. The Kier molecular flexibility index (Phi) is 10.6. The molecule has 0 N–H and O–H groups in total. The van der Waals surface area contributed by atoms with Crippen LogP contribution in [0.2, 0.25) is 0 Å². The van der Waals surface area contributed by atoms with Crippen LogP contribution in [0.3, 0.4) is 0 Å². The summed E-state index contributed by atoms with van der Waals surface area (Å²) >= 11 is 7.22. The molecule has 1 atom stereocenters. The highest BCUT2D eigenvalue weighted by Crippen LogP contribution is 2.48. The highest BCUT2D eigenvalue weighted by molar-refractivity contribution is 6.32. The Morgan fingerprint density at radius 2 is 1.66 bits per heavy atom. The van der Waals surface area contributed by atoms with Crippen molar-refractivity contribution >= 4 is 28.7 Å². The standard InChI is InChI=1S/C41H48ClF2N2O/c1-8-11-21-45-35-17-15-30(43)26-33(35)40(4,5)37(45)19-13-28-24-32(47-23-10-3)25-29(39(28)42)14-20-38-41(6,7)34-27-31(44)16-18-36(34)46(38)22-12-9-2/h3,13-20,26-27,32H,8-9,11-12,21-25H2,1-2,4-7H3/q+1. The van der Waals surface area contributed by atoms with Crippen LogP contribution < -0.4 is 4.90 Å². The normalized spacial score (nSPS) is 21.7. The van der Waals surface area contributed by atoms with Gasteiger partial charge in [-0.2, -0.15) is 4.58 Å². The number of benzene rings is 2. The number of ether oxygens (including phenoxy) is 1. The minimum absolute atomic E-state index is 0.124. The zero-order chi connectivity index (χ0) is 33.9. The fourth-order valence-corrected chi connectivity index (χ4v) is 7.56. The summed E-state index contributed by atoms with van der Waals surface area (Å²) in [5, 5.41) is 0.707. The van der Waals surface area contributed by atoms with E-state index in [0.717, 1.165) is 83.8 Å². The maximum Gasteiger partial charge on any atom is 0.209 e. The zero-order valence-corrected chi connectivity index (χ0v) is 29.5. The predicted molar refractivity (Wildman–Crippen MR) is 192 cm³/mol. The fraction of sp³-hybridized carbons (Fsp3) is 0.439. The molecule has 0 spiro atoms. The molecule has 0 fully saturated rings. The molecule has 2 heterocycles. The molecule has 2 aliphatic heterocycles. The molecule has 5 rings (SSSR count). The Hall–Kier alpha value is -3.46. The summed E-state index contributed by atoms with van der Waals surface area (Å²) < 4.78 is 37.3. The number of halogens is 3. The lowest BCUT2D eigenvalue weighted by Crippen LogP contribution is -2.28. The molecule has 1 aliphatic carbocycles. The van der Waals surface area contributed by atoms with Gasteiger partial charge in [-0.25, -0.2) is 8.78 Å². The lowest BCUT2D eigenvalue weighted by atomic mass is 9.81. The molecule has 0 amide bonds. The van der Waals surface area contributed by atoms with Crippen molar-refractivity contribution in [2.24, 2.45) is 0 Å². The first-order chi connectivity index (χ1) is 22.4. The van der Waals surface area contributed by atoms with Crippen LogP contribution in [0.1, 0.15) is 91.2 Å². The Bertz CT molecular complexity index is 1720. The van der Waals surface area contributed by atoms with Crippen molar-refractivity contribution in [1.82, 2.24) is 0 Å². The summed E-state index contributed by atoms with van der Waals surface area (Å²) in [7, 11) is 0. The topological polar surface area (TPSA) is 15.5 Å². The van der Waals surface area contributed by atoms with Crippen molar-refractivity contribution in [2.75, 3.05) is 24.6 Å². The lowest BCUT2D eigenvalue weighted by Gasteiger charge is -2.28. The van der Waals surface area contributed by atoms with Gasteiger partial charge in [0.25, 0.3) is 0 Å². The average molecular weight is 658 g/mol. The number of hydrogen-bond donors (Lipinski definition) is 0. The van der Waals surface area contributed by atoms with Gasteiger partial charge in [0, 0.05) is 65.3 Å². The van der Waals surface area contributed by atoms with Crippen LogP contribution in [0.25, 0.3) is 0 Å². The highest BCUT2D eigenvalue weighted by Gasteiger charge is 2.44. The Morgan fingerprint density at radius 3 is 2.36 bits per heavy atom. The van der Waals surface area contributed by atoms with Crippen molar-refractivity contribution in [2.45, 2.75) is 97.0 Å². The third-order valence-corrected chi connectivity index (χ3v) is 10.4. The number of terminal acetylenes is 1. The number of anilines is 1. The van der Waals surface area contributed by atoms with Crippen molar-refractivity contribution in [3.05, 3.63) is 105 Å². The van der Waals surface area contributed by atoms with Crippen molar-refractivity contribution < 1.29 is 18.1 Å². The first-order valence-electron chi connectivity index (χ1n) is 17.0. The summed E-state index contributed by atoms with van der Waals surface area (Å²) in [5.41, 5.74) is 7.53. The van der Waals surface area contributed by atoms with E-state index in [2.05, 4.69) is 81.2 Å². The molecule has 6 heteroatoms. The monoisotopic (exact) mass is 657 g/mol. The Labute approximate surface area is 285 Å². The van der Waals surface area contributed by atoms with Gasteiger partial charge in [-0.05, 0) is 73.4 Å². The predicted octanol–water partition coefficient (Wildman–Crippen LogP) is 10.4. The summed E-state index contributed by atoms with van der Waals surface area (Å²) in [6.07, 6.45) is 19.4. The first-order valence-corrected chi connectivity index (χ1v) is 17.4. The van der Waals surface area contributed by atoms with Gasteiger partial charge >= 0.3 is 0 Å². The van der Waals surface area contributed by atoms with Crippen LogP contribution >= 0.6 is 11.6 Å². The van der Waals surface area contributed by atoms with Gasteiger partial charge in [0.05, 0.1) is 11.5 Å². The molecule has 3 nitrogen and oxygen atoms in total. The van der Waals surface area contributed by atoms with E-state index in [4.69, 9.17) is 22.8 Å². The summed E-state index contributed by atoms with van der Waals surface area (Å²) in [6.45, 7) is 14.9. The molecule has 0 radical (unpaired) electrons. The largest absolute Gasteiger partial charge is 0.365 e. The maximum absolute atomic E-state index is 14.4. The number of allylic oxidation sites excluding steroid dienone is 6. The van der Waals surface area contributed by atoms with Crippen molar-refractivity contribution in [3.63, 3.8) is 0 Å². The molecule has 0 aromatic heterocycles. The van der Waals surface area contributed by atoms with Gasteiger partial charge in [0.15, 0.2) is 5.71 Å². The molecule has 47 heavy (non-hydrogen) atoms. The smallest absolute Gasteiger partial charge is 0.209 e. The van der Waals surface area contributed by atoms with Crippen LogP contribution in [0, 0.1) is 24.0 Å². The summed E-state index contributed by atoms with van der Waals surface area (Å²) in [6, 6.07) is 10.2. The van der Waals surface area contributed by atoms with Crippen molar-refractivity contribution in [3.8, 4) is 12.3 Å². The third kappa shape index (κ3) is 6.92. The second kappa shape index (κ2) is 14.3. The highest BCUT2D eigenvalue weighted by atomic mass is 35.5. The average Bonchev–Trinajstić information content (AvgIpc) is 3.37. The minimum Gasteiger partial charge on any atom is -0.365 e. The number of nitrogens with zero attached hydrogens (tertiary/aromatic N) is 2. The second-order valence-electron chi connectivity index (χ2n) is 13.9. The summed E-state index contributed by atoms with van der Waals surface area (Å²) in [5.74, 6) is 2.17. The quantitative estimate of drug-likeness (QED) is 0.176. The lowest BCUT2D eigenvalue weighted by molar-refractivity contribution is -0.438. The van der Waals surface area contributed by atoms with Gasteiger partial charge in [0.2, 0.25) is 5.69 Å². The van der Waals surface area contributed by atoms with E-state index in [9.17, 15) is 8.78 Å². The Balaban J connectivity index is 1.56. The molecular formula is C41H48ClF2N2O+. The van der Waals surface area contributed by atoms with Gasteiger partial charge in [-0.15, -0.1) is 6.42 Å². The molecule has 2 aromatic rings. The van der Waals surface area contributed by atoms with Crippen LogP contribution in [0.4, 0.5) is 20.2 Å². The Morgan fingerprint density at radius 1 is 0.957 bits per heavy atom. The first kappa shape index (κ1) is 34.9. The van der Waals surface area contributed by atoms with E-state index in [1.165, 1.54) is 0 Å². The van der Waals surface area contributed by atoms with E-state index in [1.807, 2.05) is 12.1 Å².